The van der Waals surface area contributed by atoms with Gasteiger partial charge >= 0.3 is 18.2 Å². The Morgan fingerprint density at radius 3 is 2.36 bits per heavy atom. The number of hydrogen-bond acceptors (Lipinski definition) is 15. The Morgan fingerprint density at radius 1 is 0.974 bits per heavy atom. The Labute approximate surface area is 437 Å². The van der Waals surface area contributed by atoms with E-state index < -0.39 is 36.1 Å². The summed E-state index contributed by atoms with van der Waals surface area (Å²) in [5.41, 5.74) is 3.51. The highest BCUT2D eigenvalue weighted by atomic mass is 19.4. The molecule has 2 aromatic carbocycles. The number of carboxylic acid groups (broad SMARTS) is 1. The third kappa shape index (κ3) is 13.4. The third-order valence-electron chi connectivity index (χ3n) is 14.5. The molecule has 6 amide bonds. The van der Waals surface area contributed by atoms with Crippen LogP contribution in [0.3, 0.4) is 0 Å². The molecule has 0 radical (unpaired) electrons. The molecule has 2 saturated heterocycles. The first-order valence-electron chi connectivity index (χ1n) is 25.4. The summed E-state index contributed by atoms with van der Waals surface area (Å²) >= 11 is 0. The molecule has 4 aliphatic heterocycles. The summed E-state index contributed by atoms with van der Waals surface area (Å²) in [4.78, 5) is 118. The first-order valence-corrected chi connectivity index (χ1v) is 25.4. The first kappa shape index (κ1) is 56.5. The van der Waals surface area contributed by atoms with E-state index in [-0.39, 0.29) is 80.6 Å². The molecule has 5 aliphatic rings. The summed E-state index contributed by atoms with van der Waals surface area (Å²) in [6.07, 6.45) is 4.00. The highest BCUT2D eigenvalue weighted by Gasteiger charge is 2.43. The molecule has 1 unspecified atom stereocenters. The number of rotatable bonds is 18. The maximum atomic E-state index is 13.6. The Kier molecular flexibility index (Phi) is 18.7. The van der Waals surface area contributed by atoms with E-state index in [4.69, 9.17) is 29.1 Å². The largest absolute Gasteiger partial charge is 0.496 e. The molecule has 410 valence electrons. The second-order valence-corrected chi connectivity index (χ2v) is 19.4. The lowest BCUT2D eigenvalue weighted by atomic mass is 9.89. The van der Waals surface area contributed by atoms with Crippen LogP contribution in [0.2, 0.25) is 0 Å². The summed E-state index contributed by atoms with van der Waals surface area (Å²) in [7, 11) is 4.64. The van der Waals surface area contributed by atoms with Crippen LogP contribution in [0, 0.1) is 5.92 Å². The van der Waals surface area contributed by atoms with Crippen LogP contribution >= 0.6 is 0 Å². The number of carbonyl (C=O) groups is 8. The number of nitrogens with one attached hydrogen (secondary N) is 2. The molecule has 1 aliphatic carbocycles. The molecule has 3 aromatic rings. The number of aromatic nitrogens is 2. The third-order valence-corrected chi connectivity index (χ3v) is 14.5. The number of Topliss-reactive ketones (excluding diaryl/α,β-unsaturated/α-hetero) is 1. The van der Waals surface area contributed by atoms with Gasteiger partial charge in [0.15, 0.2) is 11.6 Å². The second-order valence-electron chi connectivity index (χ2n) is 19.4. The van der Waals surface area contributed by atoms with Crippen LogP contribution in [0.15, 0.2) is 42.6 Å². The Morgan fingerprint density at radius 2 is 1.70 bits per heavy atom. The number of ether oxygens (including phenoxy) is 3. The van der Waals surface area contributed by atoms with Gasteiger partial charge in [-0.2, -0.15) is 13.2 Å². The molecule has 1 saturated carbocycles. The number of carbonyl (C=O) groups excluding carboxylic acids is 7. The molecule has 3 fully saturated rings. The van der Waals surface area contributed by atoms with Crippen molar-refractivity contribution in [3.63, 3.8) is 0 Å². The average Bonchev–Trinajstić information content (AvgIpc) is 4.07. The van der Waals surface area contributed by atoms with Crippen molar-refractivity contribution >= 4 is 64.6 Å². The van der Waals surface area contributed by atoms with Crippen LogP contribution in [0.1, 0.15) is 109 Å². The van der Waals surface area contributed by atoms with Gasteiger partial charge in [-0.15, -0.1) is 0 Å². The van der Waals surface area contributed by atoms with Crippen LogP contribution < -0.4 is 25.2 Å². The van der Waals surface area contributed by atoms with Crippen molar-refractivity contribution in [3.8, 4) is 5.75 Å². The fourth-order valence-corrected chi connectivity index (χ4v) is 10.4. The molecule has 1 aromatic heterocycles. The van der Waals surface area contributed by atoms with Gasteiger partial charge < -0.3 is 44.2 Å². The Balaban J connectivity index is 0.00000112. The summed E-state index contributed by atoms with van der Waals surface area (Å²) in [5, 5.41) is 12.2. The molecule has 21 nitrogen and oxygen atoms in total. The Bertz CT molecular complexity index is 2680. The van der Waals surface area contributed by atoms with E-state index in [9.17, 15) is 46.7 Å². The van der Waals surface area contributed by atoms with Crippen LogP contribution in [-0.4, -0.2) is 169 Å². The van der Waals surface area contributed by atoms with Crippen molar-refractivity contribution in [2.45, 2.75) is 108 Å². The van der Waals surface area contributed by atoms with E-state index >= 15 is 0 Å². The van der Waals surface area contributed by atoms with Gasteiger partial charge in [0.05, 0.1) is 33.6 Å². The number of alkyl halides is 3. The van der Waals surface area contributed by atoms with Crippen molar-refractivity contribution < 1.29 is 70.8 Å². The topological polar surface area (TPSA) is 251 Å². The number of imide groups is 1. The lowest BCUT2D eigenvalue weighted by Gasteiger charge is -2.43. The number of aliphatic carboxylic acids is 1. The predicted octanol–water partition coefficient (Wildman–Crippen LogP) is 4.98. The first-order chi connectivity index (χ1) is 36.3. The van der Waals surface area contributed by atoms with E-state index in [1.165, 1.54) is 16.9 Å². The highest BCUT2D eigenvalue weighted by Crippen LogP contribution is 2.40. The van der Waals surface area contributed by atoms with Gasteiger partial charge in [0, 0.05) is 79.9 Å². The number of fused-ring (bicyclic) bond motifs is 2. The van der Waals surface area contributed by atoms with Gasteiger partial charge in [-0.3, -0.25) is 39.0 Å². The predicted molar refractivity (Wildman–Crippen MR) is 268 cm³/mol. The summed E-state index contributed by atoms with van der Waals surface area (Å²) in [6, 6.07) is 9.77. The lowest BCUT2D eigenvalue weighted by molar-refractivity contribution is -0.192. The molecule has 0 spiro atoms. The maximum Gasteiger partial charge on any atom is 0.490 e. The number of piperidine rings is 2. The molecule has 3 N–H and O–H groups in total. The van der Waals surface area contributed by atoms with Gasteiger partial charge in [0.2, 0.25) is 23.6 Å². The minimum absolute atomic E-state index is 0.0697. The zero-order valence-corrected chi connectivity index (χ0v) is 43.0. The molecule has 5 heterocycles. The van der Waals surface area contributed by atoms with Gasteiger partial charge in [-0.25, -0.2) is 19.6 Å². The van der Waals surface area contributed by atoms with E-state index in [2.05, 4.69) is 32.3 Å². The minimum Gasteiger partial charge on any atom is -0.496 e. The molecular formula is C52H64F3N9O12. The van der Waals surface area contributed by atoms with Gasteiger partial charge in [-0.1, -0.05) is 38.0 Å². The van der Waals surface area contributed by atoms with E-state index in [1.807, 2.05) is 18.2 Å². The fourth-order valence-electron chi connectivity index (χ4n) is 10.4. The number of benzene rings is 2. The molecule has 0 bridgehead atoms. The smallest absolute Gasteiger partial charge is 0.490 e. The monoisotopic (exact) mass is 1060 g/mol. The summed E-state index contributed by atoms with van der Waals surface area (Å²) in [6.45, 7) is 4.82. The molecular weight excluding hydrogens is 1000 g/mol. The van der Waals surface area contributed by atoms with Crippen LogP contribution in [0.25, 0.3) is 0 Å². The number of hydrogen-bond donors (Lipinski definition) is 3. The average molecular weight is 1060 g/mol. The van der Waals surface area contributed by atoms with Gasteiger partial charge in [0.25, 0.3) is 5.91 Å². The number of ketones is 1. The number of anilines is 3. The number of halogens is 3. The lowest BCUT2D eigenvalue weighted by Crippen LogP contribution is -2.55. The molecule has 24 heteroatoms. The number of nitrogens with zero attached hydrogens (tertiary/aromatic N) is 7. The maximum absolute atomic E-state index is 13.6. The summed E-state index contributed by atoms with van der Waals surface area (Å²) in [5.74, 6) is -2.08. The number of methoxy groups -OCH3 is 2. The van der Waals surface area contributed by atoms with Crippen molar-refractivity contribution in [2.75, 3.05) is 82.3 Å². The van der Waals surface area contributed by atoms with Crippen LogP contribution in [0.4, 0.5) is 35.2 Å². The SMILES string of the molecule is CC[C@@H]1C(=O)N(C)c2cnc(Cc3ccc(C(=O)CC4CCN(CCOCCN(CC(=O)Nc5cccc6c5CN(C5CCC(=O)NC5=O)C6=O)C(=O)OC)CC4)cc3OC)nc2N1C1CCCC1.O=C(O)C(F)(F)F. The molecule has 8 rings (SSSR count). The van der Waals surface area contributed by atoms with Crippen molar-refractivity contribution in [1.29, 1.82) is 0 Å². The van der Waals surface area contributed by atoms with E-state index in [0.29, 0.717) is 66.4 Å². The van der Waals surface area contributed by atoms with E-state index in [1.54, 1.807) is 43.5 Å². The minimum atomic E-state index is -5.08. The highest BCUT2D eigenvalue weighted by molar-refractivity contribution is 6.07. The van der Waals surface area contributed by atoms with Crippen LogP contribution in [-0.2, 0) is 46.4 Å². The zero-order valence-electron chi connectivity index (χ0n) is 43.0. The van der Waals surface area contributed by atoms with Crippen molar-refractivity contribution in [1.82, 2.24) is 30.0 Å². The van der Waals surface area contributed by atoms with Crippen LogP contribution in [0.5, 0.6) is 5.75 Å². The summed E-state index contributed by atoms with van der Waals surface area (Å²) < 4.78 is 48.4. The normalized spacial score (nSPS) is 19.1. The van der Waals surface area contributed by atoms with Gasteiger partial charge in [0.1, 0.15) is 35.9 Å². The number of likely N-dealkylation sites (N-methyl/N-ethyl adjacent to an activating group) is 1. The standard InChI is InChI=1S/C50H63N9O10.C2HF3O2/c1-5-38-49(65)55(2)40-28-51-43(53-46(40)59(38)34-9-6-7-10-34)27-33-14-13-32(26-42(33)67-3)41(60)25-31-17-19-56(20-18-31)21-23-69-24-22-57(50(66)68-4)30-45(62)52-37-12-8-11-35-36(37)29-58(48(35)64)39-15-16-44(61)54-47(39)63;3-2(4,5)1(6)7/h8,11-14,26,28,31,34,38-39H,5-7,9-10,15-25,27,29-30H2,1-4H3,(H,52,62)(H,54,61,63);(H,6,7)/t38-,39?;/m1./s1. The zero-order chi connectivity index (χ0) is 54.8. The molecule has 76 heavy (non-hydrogen) atoms. The molecule has 2 atom stereocenters. The number of carboxylic acids is 1. The Hall–Kier alpha value is -7.21. The quantitative estimate of drug-likeness (QED) is 0.0863. The number of likely N-dealkylation sites (tertiary alicyclic amines) is 1. The van der Waals surface area contributed by atoms with Crippen molar-refractivity contribution in [3.05, 3.63) is 70.7 Å². The van der Waals surface area contributed by atoms with E-state index in [0.717, 1.165) is 68.7 Å². The fraction of sp³-hybridized carbons (Fsp3) is 0.538. The van der Waals surface area contributed by atoms with Crippen molar-refractivity contribution in [2.24, 2.45) is 5.92 Å². The number of amides is 6. The van der Waals surface area contributed by atoms with Gasteiger partial charge in [-0.05, 0) is 75.7 Å². The second kappa shape index (κ2) is 25.1.